The Bertz CT molecular complexity index is 1880. The predicted octanol–water partition coefficient (Wildman–Crippen LogP) is 4.65. The van der Waals surface area contributed by atoms with Crippen molar-refractivity contribution in [1.29, 1.82) is 0 Å². The van der Waals surface area contributed by atoms with Crippen molar-refractivity contribution in [2.75, 3.05) is 84.3 Å². The third-order valence-electron chi connectivity index (χ3n) is 13.8. The minimum Gasteiger partial charge on any atom is -0.490 e. The van der Waals surface area contributed by atoms with Gasteiger partial charge in [0.25, 0.3) is 5.91 Å². The zero-order valence-electron chi connectivity index (χ0n) is 32.3. The Morgan fingerprint density at radius 3 is 2.78 bits per heavy atom. The SMILES string of the molecule is CO[C@]1(CN2CCN3CCOC[C@@H]3C2)/C=C/C[C@H](C)[C@@H](CCO)S(=O)(=O)NC(=O)c2ccc3c(c2)N(C[C@@H]2CC[C@H]21)C[C@@]1(CCCc2cc(Cl)ccc21)CO3. The number of amides is 1. The molecule has 2 bridgehead atoms. The summed E-state index contributed by atoms with van der Waals surface area (Å²) < 4.78 is 49.5. The number of ether oxygens (including phenoxy) is 3. The molecule has 4 heterocycles. The van der Waals surface area contributed by atoms with Crippen LogP contribution in [0.5, 0.6) is 5.75 Å². The topological polar surface area (TPSA) is 121 Å². The molecule has 0 aromatic heterocycles. The van der Waals surface area contributed by atoms with Crippen molar-refractivity contribution in [2.45, 2.75) is 74.2 Å². The Kier molecular flexibility index (Phi) is 11.3. The van der Waals surface area contributed by atoms with Crippen LogP contribution in [0.1, 0.15) is 66.9 Å². The van der Waals surface area contributed by atoms with Crippen molar-refractivity contribution in [3.63, 3.8) is 0 Å². The van der Waals surface area contributed by atoms with E-state index in [9.17, 15) is 18.3 Å². The summed E-state index contributed by atoms with van der Waals surface area (Å²) in [6.45, 7) is 9.58. The minimum absolute atomic E-state index is 0.0199. The lowest BCUT2D eigenvalue weighted by Crippen LogP contribution is -2.62. The highest BCUT2D eigenvalue weighted by atomic mass is 35.5. The summed E-state index contributed by atoms with van der Waals surface area (Å²) in [6.07, 6.45) is 9.79. The summed E-state index contributed by atoms with van der Waals surface area (Å²) in [5.41, 5.74) is 2.68. The van der Waals surface area contributed by atoms with Gasteiger partial charge in [0.15, 0.2) is 0 Å². The predicted molar refractivity (Wildman–Crippen MR) is 214 cm³/mol. The number of aliphatic hydroxyl groups excluding tert-OH is 1. The highest BCUT2D eigenvalue weighted by molar-refractivity contribution is 7.90. The molecule has 1 saturated carbocycles. The number of morpholine rings is 1. The number of hydrogen-bond donors (Lipinski definition) is 2. The number of carbonyl (C=O) groups excluding carboxylic acids is 1. The summed E-state index contributed by atoms with van der Waals surface area (Å²) in [5.74, 6) is 0.149. The maximum absolute atomic E-state index is 13.9. The fourth-order valence-corrected chi connectivity index (χ4v) is 12.5. The molecule has 2 saturated heterocycles. The third-order valence-corrected chi connectivity index (χ3v) is 16.0. The second-order valence-corrected chi connectivity index (χ2v) is 19.4. The van der Waals surface area contributed by atoms with Gasteiger partial charge >= 0.3 is 0 Å². The first-order chi connectivity index (χ1) is 26.5. The molecule has 2 aromatic rings. The van der Waals surface area contributed by atoms with Gasteiger partial charge in [-0.1, -0.05) is 36.7 Å². The molecule has 2 N–H and O–H groups in total. The van der Waals surface area contributed by atoms with E-state index in [0.29, 0.717) is 37.3 Å². The number of piperazine rings is 1. The number of aliphatic hydroxyl groups is 1. The van der Waals surface area contributed by atoms with Crippen LogP contribution in [-0.4, -0.2) is 125 Å². The van der Waals surface area contributed by atoms with Crippen molar-refractivity contribution < 1.29 is 32.5 Å². The first-order valence-corrected chi connectivity index (χ1v) is 22.2. The smallest absolute Gasteiger partial charge is 0.264 e. The van der Waals surface area contributed by atoms with Crippen LogP contribution in [0.15, 0.2) is 48.6 Å². The fourth-order valence-electron chi connectivity index (χ4n) is 10.6. The number of carbonyl (C=O) groups is 1. The van der Waals surface area contributed by atoms with Gasteiger partial charge in [0.1, 0.15) is 11.4 Å². The van der Waals surface area contributed by atoms with Crippen LogP contribution in [0, 0.1) is 17.8 Å². The summed E-state index contributed by atoms with van der Waals surface area (Å²) >= 11 is 6.51. The first kappa shape index (κ1) is 39.1. The van der Waals surface area contributed by atoms with Gasteiger partial charge in [0, 0.05) is 81.6 Å². The van der Waals surface area contributed by atoms with Gasteiger partial charge in [-0.3, -0.25) is 14.6 Å². The van der Waals surface area contributed by atoms with Crippen LogP contribution in [0.3, 0.4) is 0 Å². The lowest BCUT2D eigenvalue weighted by Gasteiger charge is -2.53. The molecule has 4 aliphatic heterocycles. The van der Waals surface area contributed by atoms with Gasteiger partial charge in [-0.2, -0.15) is 0 Å². The van der Waals surface area contributed by atoms with E-state index in [2.05, 4.69) is 43.7 Å². The largest absolute Gasteiger partial charge is 0.490 e. The van der Waals surface area contributed by atoms with Crippen molar-refractivity contribution in [3.8, 4) is 5.75 Å². The van der Waals surface area contributed by atoms with Crippen molar-refractivity contribution in [3.05, 3.63) is 70.3 Å². The van der Waals surface area contributed by atoms with E-state index in [0.717, 1.165) is 95.3 Å². The van der Waals surface area contributed by atoms with Crippen molar-refractivity contribution in [1.82, 2.24) is 14.5 Å². The normalized spacial score (nSPS) is 34.6. The molecule has 1 amide bonds. The number of halogens is 1. The van der Waals surface area contributed by atoms with Crippen LogP contribution < -0.4 is 14.4 Å². The van der Waals surface area contributed by atoms with E-state index in [1.54, 1.807) is 6.07 Å². The summed E-state index contributed by atoms with van der Waals surface area (Å²) in [4.78, 5) is 21.3. The van der Waals surface area contributed by atoms with Gasteiger partial charge < -0.3 is 24.2 Å². The molecule has 11 nitrogen and oxygen atoms in total. The maximum Gasteiger partial charge on any atom is 0.264 e. The fraction of sp³-hybridized carbons (Fsp3) is 0.643. The molecule has 2 aliphatic carbocycles. The summed E-state index contributed by atoms with van der Waals surface area (Å²) in [6, 6.07) is 11.9. The zero-order valence-corrected chi connectivity index (χ0v) is 33.8. The molecule has 6 aliphatic rings. The van der Waals surface area contributed by atoms with E-state index in [1.165, 1.54) is 11.1 Å². The number of nitrogens with one attached hydrogen (secondary N) is 1. The average molecular weight is 797 g/mol. The van der Waals surface area contributed by atoms with E-state index in [4.69, 9.17) is 25.8 Å². The van der Waals surface area contributed by atoms with E-state index >= 15 is 0 Å². The molecule has 0 unspecified atom stereocenters. The number of aryl methyl sites for hydroxylation is 1. The molecule has 55 heavy (non-hydrogen) atoms. The molecule has 2 aromatic carbocycles. The van der Waals surface area contributed by atoms with Gasteiger partial charge in [-0.05, 0) is 104 Å². The van der Waals surface area contributed by atoms with Crippen LogP contribution in [0.2, 0.25) is 5.02 Å². The van der Waals surface area contributed by atoms with Crippen LogP contribution in [0.25, 0.3) is 0 Å². The Labute approximate surface area is 331 Å². The minimum atomic E-state index is -4.14. The standard InChI is InChI=1S/C42H57ClN4O7S/c1-29-5-3-15-42(52-2,27-45-16-17-46-18-20-53-25-34(46)24-45)36-10-7-32(36)23-47-26-41(14-4-6-30-21-33(43)9-11-35(30)41)28-54-38-12-8-31(22-37(38)47)40(49)44-55(50,51)39(29)13-19-48/h3,8-9,11-12,15,21-22,29,32,34,36,39,48H,4-7,10,13-14,16-20,23-28H2,1-2H3,(H,44,49)/b15-3+/t29-,32-,34-,36+,39+,41-,42-/m0/s1. The molecule has 1 spiro atoms. The highest BCUT2D eigenvalue weighted by Crippen LogP contribution is 2.49. The second-order valence-electron chi connectivity index (χ2n) is 17.0. The quantitative estimate of drug-likeness (QED) is 0.414. The Hall–Kier alpha value is -2.71. The van der Waals surface area contributed by atoms with Gasteiger partial charge in [-0.15, -0.1) is 0 Å². The second kappa shape index (κ2) is 15.9. The van der Waals surface area contributed by atoms with Gasteiger partial charge in [0.2, 0.25) is 10.0 Å². The van der Waals surface area contributed by atoms with E-state index in [1.807, 2.05) is 32.2 Å². The van der Waals surface area contributed by atoms with Crippen LogP contribution >= 0.6 is 11.6 Å². The van der Waals surface area contributed by atoms with Crippen molar-refractivity contribution in [2.24, 2.45) is 17.8 Å². The Morgan fingerprint density at radius 2 is 1.98 bits per heavy atom. The number of methoxy groups -OCH3 is 1. The maximum atomic E-state index is 13.9. The Balaban J connectivity index is 1.20. The number of rotatable bonds is 5. The summed E-state index contributed by atoms with van der Waals surface area (Å²) in [7, 11) is -2.31. The number of anilines is 1. The van der Waals surface area contributed by atoms with Crippen molar-refractivity contribution >= 4 is 33.2 Å². The summed E-state index contributed by atoms with van der Waals surface area (Å²) in [5, 5.41) is 9.75. The van der Waals surface area contributed by atoms with Crippen LogP contribution in [0.4, 0.5) is 5.69 Å². The van der Waals surface area contributed by atoms with E-state index < -0.39 is 26.8 Å². The number of allylic oxidation sites excluding steroid dienone is 1. The lowest BCUT2D eigenvalue weighted by molar-refractivity contribution is -0.108. The van der Waals surface area contributed by atoms with Gasteiger partial charge in [-0.25, -0.2) is 13.1 Å². The van der Waals surface area contributed by atoms with Gasteiger partial charge in [0.05, 0.1) is 30.8 Å². The number of benzene rings is 2. The molecule has 300 valence electrons. The molecule has 8 rings (SSSR count). The average Bonchev–Trinajstić information content (AvgIpc) is 3.31. The molecule has 13 heteroatoms. The van der Waals surface area contributed by atoms with E-state index in [-0.39, 0.29) is 35.8 Å². The molecular weight excluding hydrogens is 740 g/mol. The molecule has 3 fully saturated rings. The van der Waals surface area contributed by atoms with Crippen LogP contribution in [-0.2, 0) is 31.3 Å². The highest BCUT2D eigenvalue weighted by Gasteiger charge is 2.50. The zero-order chi connectivity index (χ0) is 38.4. The lowest BCUT2D eigenvalue weighted by atomic mass is 9.63. The molecular formula is C42H57ClN4O7S. The number of fused-ring (bicyclic) bond motifs is 5. The molecule has 0 radical (unpaired) electrons. The number of sulfonamides is 1. The molecule has 7 atom stereocenters. The number of nitrogens with zero attached hydrogens (tertiary/aromatic N) is 3. The first-order valence-electron chi connectivity index (χ1n) is 20.3. The number of hydrogen-bond acceptors (Lipinski definition) is 10. The Morgan fingerprint density at radius 1 is 1.11 bits per heavy atom. The monoisotopic (exact) mass is 796 g/mol. The third kappa shape index (κ3) is 7.69.